The van der Waals surface area contributed by atoms with Crippen molar-refractivity contribution >= 4 is 36.7 Å². The average molecular weight is 368 g/mol. The third-order valence-corrected chi connectivity index (χ3v) is 7.41. The summed E-state index contributed by atoms with van der Waals surface area (Å²) in [6.45, 7) is 3.23. The molecule has 1 fully saturated rings. The Hall–Kier alpha value is -0.910. The molecule has 21 heavy (non-hydrogen) atoms. The molecule has 0 spiro atoms. The van der Waals surface area contributed by atoms with Crippen molar-refractivity contribution in [2.24, 2.45) is 5.92 Å². The second-order valence-corrected chi connectivity index (χ2v) is 8.70. The first-order valence-electron chi connectivity index (χ1n) is 7.12. The Bertz CT molecular complexity index is 754. The summed E-state index contributed by atoms with van der Waals surface area (Å²) in [4.78, 5) is 0.817. The maximum atomic E-state index is 13.0. The highest BCUT2D eigenvalue weighted by Gasteiger charge is 2.33. The summed E-state index contributed by atoms with van der Waals surface area (Å²) in [6.07, 6.45) is 0.852. The van der Waals surface area contributed by atoms with Gasteiger partial charge in [-0.15, -0.1) is 0 Å². The molecule has 1 aliphatic heterocycles. The van der Waals surface area contributed by atoms with E-state index in [1.807, 2.05) is 36.4 Å². The number of alkyl halides is 1. The molecule has 0 radical (unpaired) electrons. The van der Waals surface area contributed by atoms with E-state index in [1.165, 1.54) is 0 Å². The van der Waals surface area contributed by atoms with Crippen LogP contribution in [0.2, 0.25) is 0 Å². The number of rotatable bonds is 2. The van der Waals surface area contributed by atoms with Gasteiger partial charge in [-0.25, -0.2) is 8.42 Å². The fourth-order valence-electron chi connectivity index (χ4n) is 2.86. The number of sulfonamides is 1. The lowest BCUT2D eigenvalue weighted by Crippen LogP contribution is -2.43. The molecule has 1 heterocycles. The van der Waals surface area contributed by atoms with E-state index < -0.39 is 10.0 Å². The van der Waals surface area contributed by atoms with Crippen LogP contribution in [-0.4, -0.2) is 30.6 Å². The molecule has 2 unspecified atom stereocenters. The first-order valence-corrected chi connectivity index (χ1v) is 9.47. The van der Waals surface area contributed by atoms with Crippen LogP contribution in [-0.2, 0) is 10.0 Å². The molecule has 3 rings (SSSR count). The SMILES string of the molecule is CC1CN(S(=O)(=O)c2cccc3ccccc23)CCC1Br. The third-order valence-electron chi connectivity index (χ3n) is 4.13. The Labute approximate surface area is 134 Å². The fourth-order valence-corrected chi connectivity index (χ4v) is 5.00. The quantitative estimate of drug-likeness (QED) is 0.759. The molecule has 1 saturated heterocycles. The lowest BCUT2D eigenvalue weighted by atomic mass is 10.0. The molecule has 0 saturated carbocycles. The highest BCUT2D eigenvalue weighted by atomic mass is 79.9. The molecule has 5 heteroatoms. The standard InChI is InChI=1S/C16H18BrNO2S/c1-12-11-18(10-9-15(12)17)21(19,20)16-8-4-6-13-5-2-3-7-14(13)16/h2-8,12,15H,9-11H2,1H3. The van der Waals surface area contributed by atoms with Crippen molar-refractivity contribution in [2.45, 2.75) is 23.1 Å². The zero-order chi connectivity index (χ0) is 15.0. The Morgan fingerprint density at radius 1 is 1.14 bits per heavy atom. The smallest absolute Gasteiger partial charge is 0.207 e. The maximum absolute atomic E-state index is 13.0. The summed E-state index contributed by atoms with van der Waals surface area (Å²) in [5, 5.41) is 1.76. The van der Waals surface area contributed by atoms with E-state index in [9.17, 15) is 8.42 Å². The van der Waals surface area contributed by atoms with Crippen molar-refractivity contribution in [3.05, 3.63) is 42.5 Å². The second kappa shape index (κ2) is 5.71. The van der Waals surface area contributed by atoms with Crippen LogP contribution < -0.4 is 0 Å². The van der Waals surface area contributed by atoms with Crippen LogP contribution >= 0.6 is 15.9 Å². The van der Waals surface area contributed by atoms with E-state index in [4.69, 9.17) is 0 Å². The Kier molecular flexibility index (Phi) is 4.08. The first kappa shape index (κ1) is 15.0. The molecule has 0 N–H and O–H groups in total. The largest absolute Gasteiger partial charge is 0.243 e. The summed E-state index contributed by atoms with van der Waals surface area (Å²) < 4.78 is 27.6. The van der Waals surface area contributed by atoms with Gasteiger partial charge in [0, 0.05) is 23.3 Å². The van der Waals surface area contributed by atoms with E-state index in [0.717, 1.165) is 17.2 Å². The van der Waals surface area contributed by atoms with Crippen molar-refractivity contribution in [1.29, 1.82) is 0 Å². The number of nitrogens with zero attached hydrogens (tertiary/aromatic N) is 1. The lowest BCUT2D eigenvalue weighted by Gasteiger charge is -2.33. The van der Waals surface area contributed by atoms with Crippen LogP contribution in [0, 0.1) is 5.92 Å². The van der Waals surface area contributed by atoms with Crippen molar-refractivity contribution in [2.75, 3.05) is 13.1 Å². The minimum Gasteiger partial charge on any atom is -0.207 e. The zero-order valence-corrected chi connectivity index (χ0v) is 14.3. The Morgan fingerprint density at radius 2 is 1.86 bits per heavy atom. The minimum atomic E-state index is -3.43. The van der Waals surface area contributed by atoms with Crippen LogP contribution in [0.3, 0.4) is 0 Å². The van der Waals surface area contributed by atoms with Crippen molar-refractivity contribution in [1.82, 2.24) is 4.31 Å². The summed E-state index contributed by atoms with van der Waals surface area (Å²) in [7, 11) is -3.43. The predicted molar refractivity (Wildman–Crippen MR) is 89.2 cm³/mol. The second-order valence-electron chi connectivity index (χ2n) is 5.62. The zero-order valence-electron chi connectivity index (χ0n) is 11.9. The topological polar surface area (TPSA) is 37.4 Å². The number of halogens is 1. The van der Waals surface area contributed by atoms with Crippen LogP contribution in [0.4, 0.5) is 0 Å². The van der Waals surface area contributed by atoms with Crippen LogP contribution in [0.15, 0.2) is 47.4 Å². The van der Waals surface area contributed by atoms with E-state index >= 15 is 0 Å². The van der Waals surface area contributed by atoms with Crippen molar-refractivity contribution in [3.8, 4) is 0 Å². The molecule has 3 nitrogen and oxygen atoms in total. The number of piperidine rings is 1. The van der Waals surface area contributed by atoms with Gasteiger partial charge in [-0.3, -0.25) is 0 Å². The molecular weight excluding hydrogens is 350 g/mol. The number of hydrogen-bond donors (Lipinski definition) is 0. The summed E-state index contributed by atoms with van der Waals surface area (Å²) in [5.41, 5.74) is 0. The molecule has 0 amide bonds. The van der Waals surface area contributed by atoms with Gasteiger partial charge < -0.3 is 0 Å². The van der Waals surface area contributed by atoms with E-state index in [-0.39, 0.29) is 0 Å². The first-order chi connectivity index (χ1) is 10.00. The summed E-state index contributed by atoms with van der Waals surface area (Å²) in [6, 6.07) is 13.1. The van der Waals surface area contributed by atoms with Gasteiger partial charge in [0.25, 0.3) is 0 Å². The molecule has 0 aromatic heterocycles. The molecule has 1 aliphatic rings. The highest BCUT2D eigenvalue weighted by Crippen LogP contribution is 2.30. The Morgan fingerprint density at radius 3 is 2.62 bits per heavy atom. The Balaban J connectivity index is 2.05. The van der Waals surface area contributed by atoms with Crippen molar-refractivity contribution < 1.29 is 8.42 Å². The van der Waals surface area contributed by atoms with Crippen LogP contribution in [0.25, 0.3) is 10.8 Å². The van der Waals surface area contributed by atoms with Gasteiger partial charge in [-0.05, 0) is 23.8 Å². The van der Waals surface area contributed by atoms with E-state index in [0.29, 0.717) is 28.7 Å². The molecular formula is C16H18BrNO2S. The predicted octanol–water partition coefficient (Wildman–Crippen LogP) is 3.63. The molecule has 2 aromatic carbocycles. The maximum Gasteiger partial charge on any atom is 0.243 e. The van der Waals surface area contributed by atoms with Crippen molar-refractivity contribution in [3.63, 3.8) is 0 Å². The van der Waals surface area contributed by atoms with Gasteiger partial charge in [-0.1, -0.05) is 59.3 Å². The average Bonchev–Trinajstić information content (AvgIpc) is 2.49. The normalized spacial score (nSPS) is 24.3. The molecule has 2 atom stereocenters. The van der Waals surface area contributed by atoms with Gasteiger partial charge in [0.15, 0.2) is 0 Å². The summed E-state index contributed by atoms with van der Waals surface area (Å²) >= 11 is 3.62. The minimum absolute atomic E-state index is 0.323. The number of fused-ring (bicyclic) bond motifs is 1. The molecule has 0 aliphatic carbocycles. The molecule has 112 valence electrons. The lowest BCUT2D eigenvalue weighted by molar-refractivity contribution is 0.292. The molecule has 2 aromatic rings. The molecule has 0 bridgehead atoms. The number of benzene rings is 2. The third kappa shape index (κ3) is 2.74. The van der Waals surface area contributed by atoms with Gasteiger partial charge in [-0.2, -0.15) is 4.31 Å². The fraction of sp³-hybridized carbons (Fsp3) is 0.375. The van der Waals surface area contributed by atoms with Gasteiger partial charge in [0.05, 0.1) is 4.90 Å². The van der Waals surface area contributed by atoms with E-state index in [2.05, 4.69) is 22.9 Å². The van der Waals surface area contributed by atoms with Gasteiger partial charge in [0.2, 0.25) is 10.0 Å². The summed E-state index contributed by atoms with van der Waals surface area (Å²) in [5.74, 6) is 0.323. The highest BCUT2D eigenvalue weighted by molar-refractivity contribution is 9.09. The van der Waals surface area contributed by atoms with E-state index in [1.54, 1.807) is 10.4 Å². The van der Waals surface area contributed by atoms with Gasteiger partial charge >= 0.3 is 0 Å². The van der Waals surface area contributed by atoms with Gasteiger partial charge in [0.1, 0.15) is 0 Å². The monoisotopic (exact) mass is 367 g/mol. The van der Waals surface area contributed by atoms with Crippen LogP contribution in [0.5, 0.6) is 0 Å². The number of hydrogen-bond acceptors (Lipinski definition) is 2. The van der Waals surface area contributed by atoms with Crippen LogP contribution in [0.1, 0.15) is 13.3 Å².